The van der Waals surface area contributed by atoms with Gasteiger partial charge in [-0.15, -0.1) is 0 Å². The predicted molar refractivity (Wildman–Crippen MR) is 225 cm³/mol. The maximum Gasteiger partial charge on any atom is 0.220 e. The van der Waals surface area contributed by atoms with E-state index < -0.39 is 0 Å². The fourth-order valence-electron chi connectivity index (χ4n) is 9.31. The van der Waals surface area contributed by atoms with E-state index in [9.17, 15) is 0 Å². The molecule has 0 aliphatic carbocycles. The van der Waals surface area contributed by atoms with Crippen LogP contribution in [0, 0.1) is 0 Å². The van der Waals surface area contributed by atoms with Gasteiger partial charge in [-0.05, 0) is 78.9 Å². The van der Waals surface area contributed by atoms with E-state index in [-0.39, 0.29) is 0 Å². The number of imidazole rings is 2. The van der Waals surface area contributed by atoms with Crippen molar-refractivity contribution in [2.24, 2.45) is 0 Å². The van der Waals surface area contributed by atoms with Crippen LogP contribution in [0.5, 0.6) is 0 Å². The van der Waals surface area contributed by atoms with Crippen molar-refractivity contribution in [1.82, 2.24) is 23.1 Å². The molecule has 6 heteroatoms. The first-order valence-electron chi connectivity index (χ1n) is 18.7. The Bertz CT molecular complexity index is 3630. The summed E-state index contributed by atoms with van der Waals surface area (Å²) in [6.45, 7) is 0. The molecule has 5 aromatic heterocycles. The van der Waals surface area contributed by atoms with E-state index in [1.807, 2.05) is 0 Å². The first kappa shape index (κ1) is 28.9. The number of hydrogen-bond donors (Lipinski definition) is 0. The molecule has 0 aliphatic heterocycles. The Balaban J connectivity index is 1.20. The SMILES string of the molecule is c1ccc2c(c1)nc1n(-c3ccc(-n4c5ccccc5c5ccccc54)c4oc5ccc(-n6c7ccccc7c7ccccc76)cc5c34)c3ccccc3n21. The van der Waals surface area contributed by atoms with Gasteiger partial charge in [0.25, 0.3) is 0 Å². The molecule has 0 radical (unpaired) electrons. The molecule has 5 heterocycles. The summed E-state index contributed by atoms with van der Waals surface area (Å²) in [6, 6.07) is 62.7. The first-order chi connectivity index (χ1) is 27.3. The summed E-state index contributed by atoms with van der Waals surface area (Å²) in [5.74, 6) is 0.862. The topological polar surface area (TPSA) is 45.2 Å². The zero-order valence-corrected chi connectivity index (χ0v) is 29.4. The number of benzene rings is 8. The summed E-state index contributed by atoms with van der Waals surface area (Å²) in [7, 11) is 0. The van der Waals surface area contributed by atoms with Crippen molar-refractivity contribution in [3.63, 3.8) is 0 Å². The fraction of sp³-hybridized carbons (Fsp3) is 0. The summed E-state index contributed by atoms with van der Waals surface area (Å²) in [5, 5.41) is 6.96. The molecule has 0 fully saturated rings. The van der Waals surface area contributed by atoms with Gasteiger partial charge in [-0.3, -0.25) is 8.97 Å². The molecule has 0 saturated heterocycles. The van der Waals surface area contributed by atoms with Crippen molar-refractivity contribution >= 4 is 93.4 Å². The summed E-state index contributed by atoms with van der Waals surface area (Å²) in [6.07, 6.45) is 0. The molecule has 256 valence electrons. The van der Waals surface area contributed by atoms with E-state index in [0.717, 1.165) is 77.9 Å². The maximum atomic E-state index is 7.10. The second kappa shape index (κ2) is 10.5. The monoisotopic (exact) mass is 703 g/mol. The zero-order valence-electron chi connectivity index (χ0n) is 29.4. The van der Waals surface area contributed by atoms with E-state index in [4.69, 9.17) is 9.40 Å². The number of fused-ring (bicyclic) bond motifs is 14. The Hall–Kier alpha value is -7.57. The van der Waals surface area contributed by atoms with Crippen LogP contribution in [0.2, 0.25) is 0 Å². The number of para-hydroxylation sites is 8. The van der Waals surface area contributed by atoms with Crippen molar-refractivity contribution in [3.05, 3.63) is 176 Å². The van der Waals surface area contributed by atoms with Crippen LogP contribution in [0.25, 0.3) is 110 Å². The average molecular weight is 704 g/mol. The van der Waals surface area contributed by atoms with Gasteiger partial charge in [-0.25, -0.2) is 4.98 Å². The lowest BCUT2D eigenvalue weighted by Gasteiger charge is -2.13. The Morgan fingerprint density at radius 1 is 0.382 bits per heavy atom. The van der Waals surface area contributed by atoms with Crippen LogP contribution in [0.15, 0.2) is 180 Å². The molecule has 0 amide bonds. The van der Waals surface area contributed by atoms with Crippen LogP contribution in [-0.2, 0) is 0 Å². The molecular weight excluding hydrogens is 675 g/mol. The Labute approximate surface area is 312 Å². The molecule has 0 saturated carbocycles. The summed E-state index contributed by atoms with van der Waals surface area (Å²) in [5.41, 5.74) is 13.6. The third-order valence-electron chi connectivity index (χ3n) is 11.6. The standard InChI is InChI=1S/C49H29N5O/c1-6-18-37-31(13-1)32-14-2-7-19-38(32)51(37)30-25-28-46-35(29-30)47-44(54-43-24-12-11-23-42(43)53-41-22-10-5-17-36(41)50-49(53)54)26-27-45(48(47)55-46)52-39-20-8-3-15-33(39)34-16-4-9-21-40(34)52/h1-29H. The van der Waals surface area contributed by atoms with Crippen LogP contribution in [0.3, 0.4) is 0 Å². The molecule has 0 atom stereocenters. The lowest BCUT2D eigenvalue weighted by molar-refractivity contribution is 0.666. The zero-order chi connectivity index (χ0) is 35.8. The molecule has 0 aliphatic rings. The fourth-order valence-corrected chi connectivity index (χ4v) is 9.31. The van der Waals surface area contributed by atoms with Gasteiger partial charge in [0.1, 0.15) is 5.58 Å². The van der Waals surface area contributed by atoms with Crippen LogP contribution in [0.4, 0.5) is 0 Å². The molecule has 13 rings (SSSR count). The lowest BCUT2D eigenvalue weighted by atomic mass is 10.1. The number of aromatic nitrogens is 5. The number of hydrogen-bond acceptors (Lipinski definition) is 2. The molecule has 55 heavy (non-hydrogen) atoms. The maximum absolute atomic E-state index is 7.10. The Morgan fingerprint density at radius 2 is 0.891 bits per heavy atom. The highest BCUT2D eigenvalue weighted by atomic mass is 16.3. The lowest BCUT2D eigenvalue weighted by Crippen LogP contribution is -2.00. The molecule has 6 nitrogen and oxygen atoms in total. The molecule has 0 unspecified atom stereocenters. The summed E-state index contributed by atoms with van der Waals surface area (Å²) < 4.78 is 16.4. The number of furan rings is 1. The molecular formula is C49H29N5O. The van der Waals surface area contributed by atoms with E-state index in [1.54, 1.807) is 0 Å². The second-order valence-corrected chi connectivity index (χ2v) is 14.4. The highest BCUT2D eigenvalue weighted by Crippen LogP contribution is 2.43. The highest BCUT2D eigenvalue weighted by molar-refractivity contribution is 6.16. The van der Waals surface area contributed by atoms with E-state index in [2.05, 4.69) is 194 Å². The van der Waals surface area contributed by atoms with Crippen molar-refractivity contribution in [1.29, 1.82) is 0 Å². The van der Waals surface area contributed by atoms with Gasteiger partial charge in [-0.1, -0.05) is 97.1 Å². The molecule has 0 spiro atoms. The van der Waals surface area contributed by atoms with Crippen LogP contribution >= 0.6 is 0 Å². The van der Waals surface area contributed by atoms with Gasteiger partial charge in [0.2, 0.25) is 5.78 Å². The average Bonchev–Trinajstić information content (AvgIpc) is 4.04. The van der Waals surface area contributed by atoms with Gasteiger partial charge >= 0.3 is 0 Å². The van der Waals surface area contributed by atoms with Crippen molar-refractivity contribution in [2.75, 3.05) is 0 Å². The van der Waals surface area contributed by atoms with Crippen LogP contribution < -0.4 is 0 Å². The van der Waals surface area contributed by atoms with Gasteiger partial charge < -0.3 is 13.6 Å². The van der Waals surface area contributed by atoms with E-state index in [0.29, 0.717) is 0 Å². The third kappa shape index (κ3) is 3.75. The Morgan fingerprint density at radius 3 is 1.53 bits per heavy atom. The quantitative estimate of drug-likeness (QED) is 0.184. The molecule has 0 bridgehead atoms. The van der Waals surface area contributed by atoms with Crippen molar-refractivity contribution in [2.45, 2.75) is 0 Å². The molecule has 0 N–H and O–H groups in total. The van der Waals surface area contributed by atoms with Crippen molar-refractivity contribution < 1.29 is 4.42 Å². The molecule has 13 aromatic rings. The second-order valence-electron chi connectivity index (χ2n) is 14.4. The van der Waals surface area contributed by atoms with E-state index >= 15 is 0 Å². The highest BCUT2D eigenvalue weighted by Gasteiger charge is 2.25. The summed E-state index contributed by atoms with van der Waals surface area (Å²) >= 11 is 0. The smallest absolute Gasteiger partial charge is 0.220 e. The normalized spacial score (nSPS) is 12.4. The summed E-state index contributed by atoms with van der Waals surface area (Å²) in [4.78, 5) is 5.27. The molecule has 8 aromatic carbocycles. The predicted octanol–water partition coefficient (Wildman–Crippen LogP) is 12.5. The number of rotatable bonds is 3. The van der Waals surface area contributed by atoms with Crippen molar-refractivity contribution in [3.8, 4) is 17.1 Å². The largest absolute Gasteiger partial charge is 0.454 e. The minimum absolute atomic E-state index is 0.824. The first-order valence-corrected chi connectivity index (χ1v) is 18.7. The minimum atomic E-state index is 0.824. The minimum Gasteiger partial charge on any atom is -0.454 e. The van der Waals surface area contributed by atoms with Gasteiger partial charge in [0.05, 0.1) is 60.9 Å². The van der Waals surface area contributed by atoms with Gasteiger partial charge in [0, 0.05) is 32.6 Å². The third-order valence-corrected chi connectivity index (χ3v) is 11.6. The Kier molecular flexibility index (Phi) is 5.54. The van der Waals surface area contributed by atoms with E-state index in [1.165, 1.54) is 32.6 Å². The van der Waals surface area contributed by atoms with Gasteiger partial charge in [-0.2, -0.15) is 0 Å². The van der Waals surface area contributed by atoms with Crippen LogP contribution in [-0.4, -0.2) is 23.1 Å². The van der Waals surface area contributed by atoms with Crippen LogP contribution in [0.1, 0.15) is 0 Å². The van der Waals surface area contributed by atoms with Gasteiger partial charge in [0.15, 0.2) is 5.58 Å². The number of nitrogens with zero attached hydrogens (tertiary/aromatic N) is 5.